The van der Waals surface area contributed by atoms with E-state index in [-0.39, 0.29) is 5.76 Å². The Morgan fingerprint density at radius 1 is 1.38 bits per heavy atom. The molecule has 0 saturated heterocycles. The predicted octanol–water partition coefficient (Wildman–Crippen LogP) is 3.60. The lowest BCUT2D eigenvalue weighted by atomic mass is 10.1. The zero-order valence-electron chi connectivity index (χ0n) is 10.6. The molecular formula is C14H8N4O2S. The fourth-order valence-electron chi connectivity index (χ4n) is 1.69. The number of benzene rings is 1. The first-order valence-corrected chi connectivity index (χ1v) is 6.79. The average molecular weight is 296 g/mol. The lowest BCUT2D eigenvalue weighted by Crippen LogP contribution is -2.10. The van der Waals surface area contributed by atoms with Crippen molar-refractivity contribution in [1.82, 2.24) is 10.1 Å². The summed E-state index contributed by atoms with van der Waals surface area (Å²) >= 11 is 1.30. The number of carbonyl (C=O) groups excluding carboxylic acids is 1. The van der Waals surface area contributed by atoms with Gasteiger partial charge < -0.3 is 4.52 Å². The second-order valence-corrected chi connectivity index (χ2v) is 4.89. The second kappa shape index (κ2) is 5.56. The molecule has 6 nitrogen and oxygen atoms in total. The minimum absolute atomic E-state index is 0.127. The molecular weight excluding hydrogens is 288 g/mol. The van der Waals surface area contributed by atoms with Crippen molar-refractivity contribution in [2.24, 2.45) is 0 Å². The first-order chi connectivity index (χ1) is 10.3. The van der Waals surface area contributed by atoms with E-state index in [1.807, 2.05) is 11.4 Å². The summed E-state index contributed by atoms with van der Waals surface area (Å²) in [5.41, 5.74) is 2.09. The molecule has 2 heterocycles. The number of thiazole rings is 1. The fraction of sp³-hybridized carbons (Fsp3) is 0. The SMILES string of the molecule is [C-]#[N+]c1cccc(-c2csc(NC(=O)c3ccno3)n2)c1. The minimum atomic E-state index is -0.400. The normalized spacial score (nSPS) is 10.0. The van der Waals surface area contributed by atoms with Crippen molar-refractivity contribution in [2.75, 3.05) is 5.32 Å². The third-order valence-corrected chi connectivity index (χ3v) is 3.42. The Bertz CT molecular complexity index is 818. The molecule has 0 saturated carbocycles. The topological polar surface area (TPSA) is 72.4 Å². The smallest absolute Gasteiger partial charge is 0.296 e. The van der Waals surface area contributed by atoms with Crippen LogP contribution in [0, 0.1) is 6.57 Å². The molecule has 3 aromatic rings. The molecule has 21 heavy (non-hydrogen) atoms. The molecule has 0 aliphatic rings. The van der Waals surface area contributed by atoms with Gasteiger partial charge in [0.05, 0.1) is 18.5 Å². The number of hydrogen-bond donors (Lipinski definition) is 1. The van der Waals surface area contributed by atoms with Gasteiger partial charge in [-0.05, 0) is 11.6 Å². The number of nitrogens with one attached hydrogen (secondary N) is 1. The molecule has 1 aromatic carbocycles. The summed E-state index contributed by atoms with van der Waals surface area (Å²) in [4.78, 5) is 19.5. The van der Waals surface area contributed by atoms with Gasteiger partial charge in [0.25, 0.3) is 5.91 Å². The van der Waals surface area contributed by atoms with Crippen LogP contribution in [0.5, 0.6) is 0 Å². The van der Waals surface area contributed by atoms with Crippen LogP contribution in [0.4, 0.5) is 10.8 Å². The Balaban J connectivity index is 1.80. The summed E-state index contributed by atoms with van der Waals surface area (Å²) in [6.07, 6.45) is 1.40. The van der Waals surface area contributed by atoms with Gasteiger partial charge in [-0.25, -0.2) is 9.83 Å². The van der Waals surface area contributed by atoms with Gasteiger partial charge in [-0.1, -0.05) is 23.4 Å². The molecule has 1 amide bonds. The van der Waals surface area contributed by atoms with E-state index in [0.717, 1.165) is 5.56 Å². The first-order valence-electron chi connectivity index (χ1n) is 5.92. The Morgan fingerprint density at radius 3 is 3.05 bits per heavy atom. The van der Waals surface area contributed by atoms with E-state index in [2.05, 4.69) is 20.3 Å². The largest absolute Gasteiger partial charge is 0.351 e. The standard InChI is InChI=1S/C14H8N4O2S/c1-15-10-4-2-3-9(7-10)11-8-21-14(17-11)18-13(19)12-5-6-16-20-12/h2-8H,(H,17,18,19). The lowest BCUT2D eigenvalue weighted by molar-refractivity contribution is 0.0988. The zero-order chi connectivity index (χ0) is 14.7. The summed E-state index contributed by atoms with van der Waals surface area (Å²) in [7, 11) is 0. The quantitative estimate of drug-likeness (QED) is 0.749. The van der Waals surface area contributed by atoms with Gasteiger partial charge in [-0.15, -0.1) is 11.3 Å². The molecule has 102 valence electrons. The third-order valence-electron chi connectivity index (χ3n) is 2.66. The van der Waals surface area contributed by atoms with E-state index in [1.54, 1.807) is 18.2 Å². The van der Waals surface area contributed by atoms with Crippen LogP contribution in [-0.4, -0.2) is 16.0 Å². The number of aromatic nitrogens is 2. The average Bonchev–Trinajstić information content (AvgIpc) is 3.18. The van der Waals surface area contributed by atoms with E-state index < -0.39 is 5.91 Å². The van der Waals surface area contributed by atoms with E-state index in [4.69, 9.17) is 11.1 Å². The predicted molar refractivity (Wildman–Crippen MR) is 78.3 cm³/mol. The first kappa shape index (κ1) is 13.0. The maximum absolute atomic E-state index is 11.8. The molecule has 7 heteroatoms. The van der Waals surface area contributed by atoms with Crippen molar-refractivity contribution in [3.63, 3.8) is 0 Å². The van der Waals surface area contributed by atoms with Gasteiger partial charge in [-0.3, -0.25) is 10.1 Å². The summed E-state index contributed by atoms with van der Waals surface area (Å²) in [5.74, 6) is -0.273. The second-order valence-electron chi connectivity index (χ2n) is 4.03. The van der Waals surface area contributed by atoms with Crippen LogP contribution in [0.1, 0.15) is 10.6 Å². The summed E-state index contributed by atoms with van der Waals surface area (Å²) in [6, 6.07) is 8.63. The maximum atomic E-state index is 11.8. The number of nitrogens with zero attached hydrogens (tertiary/aromatic N) is 3. The van der Waals surface area contributed by atoms with E-state index in [9.17, 15) is 4.79 Å². The van der Waals surface area contributed by atoms with E-state index in [1.165, 1.54) is 23.6 Å². The molecule has 0 aliphatic heterocycles. The van der Waals surface area contributed by atoms with Crippen LogP contribution in [0.2, 0.25) is 0 Å². The van der Waals surface area contributed by atoms with Crippen LogP contribution in [0.15, 0.2) is 46.4 Å². The Labute approximate surface area is 123 Å². The summed E-state index contributed by atoms with van der Waals surface area (Å²) in [6.45, 7) is 7.01. The molecule has 2 aromatic heterocycles. The number of amides is 1. The van der Waals surface area contributed by atoms with Gasteiger partial charge in [0.2, 0.25) is 5.76 Å². The highest BCUT2D eigenvalue weighted by atomic mass is 32.1. The van der Waals surface area contributed by atoms with Crippen LogP contribution in [-0.2, 0) is 0 Å². The number of anilines is 1. The van der Waals surface area contributed by atoms with E-state index in [0.29, 0.717) is 16.5 Å². The lowest BCUT2D eigenvalue weighted by Gasteiger charge is -1.98. The van der Waals surface area contributed by atoms with Crippen LogP contribution >= 0.6 is 11.3 Å². The van der Waals surface area contributed by atoms with Crippen molar-refractivity contribution >= 4 is 28.1 Å². The Morgan fingerprint density at radius 2 is 2.29 bits per heavy atom. The highest BCUT2D eigenvalue weighted by Crippen LogP contribution is 2.27. The van der Waals surface area contributed by atoms with Crippen molar-refractivity contribution in [3.05, 3.63) is 59.1 Å². The number of carbonyl (C=O) groups is 1. The molecule has 3 rings (SSSR count). The van der Waals surface area contributed by atoms with Crippen molar-refractivity contribution < 1.29 is 9.32 Å². The molecule has 0 unspecified atom stereocenters. The third kappa shape index (κ3) is 2.80. The van der Waals surface area contributed by atoms with Gasteiger partial charge >= 0.3 is 0 Å². The molecule has 0 bridgehead atoms. The van der Waals surface area contributed by atoms with Crippen LogP contribution in [0.3, 0.4) is 0 Å². The van der Waals surface area contributed by atoms with Gasteiger partial charge in [0.15, 0.2) is 10.8 Å². The van der Waals surface area contributed by atoms with Gasteiger partial charge in [-0.2, -0.15) is 0 Å². The van der Waals surface area contributed by atoms with Crippen LogP contribution < -0.4 is 5.32 Å². The van der Waals surface area contributed by atoms with E-state index >= 15 is 0 Å². The molecule has 1 N–H and O–H groups in total. The summed E-state index contributed by atoms with van der Waals surface area (Å²) in [5, 5.41) is 8.39. The Hall–Kier alpha value is -2.98. The van der Waals surface area contributed by atoms with Gasteiger partial charge in [0, 0.05) is 11.4 Å². The highest BCUT2D eigenvalue weighted by Gasteiger charge is 2.12. The Kier molecular flexibility index (Phi) is 3.45. The van der Waals surface area contributed by atoms with Crippen molar-refractivity contribution in [3.8, 4) is 11.3 Å². The van der Waals surface area contributed by atoms with Crippen LogP contribution in [0.25, 0.3) is 16.1 Å². The molecule has 0 aliphatic carbocycles. The zero-order valence-corrected chi connectivity index (χ0v) is 11.4. The molecule has 0 spiro atoms. The minimum Gasteiger partial charge on any atom is -0.351 e. The molecule has 0 fully saturated rings. The fourth-order valence-corrected chi connectivity index (χ4v) is 2.40. The molecule has 0 atom stereocenters. The highest BCUT2D eigenvalue weighted by molar-refractivity contribution is 7.14. The number of rotatable bonds is 3. The van der Waals surface area contributed by atoms with Crippen molar-refractivity contribution in [1.29, 1.82) is 0 Å². The maximum Gasteiger partial charge on any atom is 0.296 e. The number of hydrogen-bond acceptors (Lipinski definition) is 5. The molecule has 0 radical (unpaired) electrons. The summed E-state index contributed by atoms with van der Waals surface area (Å²) < 4.78 is 4.77. The van der Waals surface area contributed by atoms with Gasteiger partial charge in [0.1, 0.15) is 0 Å². The van der Waals surface area contributed by atoms with Crippen molar-refractivity contribution in [2.45, 2.75) is 0 Å². The monoisotopic (exact) mass is 296 g/mol.